The highest BCUT2D eigenvalue weighted by molar-refractivity contribution is 8.09. The maximum Gasteiger partial charge on any atom is 0.196 e. The summed E-state index contributed by atoms with van der Waals surface area (Å²) in [6, 6.07) is 18.2. The van der Waals surface area contributed by atoms with Crippen LogP contribution in [0.1, 0.15) is 5.56 Å². The highest BCUT2D eigenvalue weighted by Crippen LogP contribution is 2.28. The Morgan fingerprint density at radius 1 is 0.741 bits per heavy atom. The fourth-order valence-electron chi connectivity index (χ4n) is 2.63. The average molecular weight is 422 g/mol. The van der Waals surface area contributed by atoms with Crippen molar-refractivity contribution in [2.75, 3.05) is 0 Å². The molecule has 3 rings (SSSR count). The van der Waals surface area contributed by atoms with E-state index in [2.05, 4.69) is 4.98 Å². The predicted octanol–water partition coefficient (Wildman–Crippen LogP) is 3.55. The second-order valence-electron chi connectivity index (χ2n) is 5.84. The summed E-state index contributed by atoms with van der Waals surface area (Å²) in [7, 11) is -8.33. The van der Waals surface area contributed by atoms with Gasteiger partial charge in [-0.15, -0.1) is 0 Å². The number of pyridine rings is 1. The van der Waals surface area contributed by atoms with Crippen molar-refractivity contribution in [1.82, 2.24) is 4.98 Å². The molecule has 0 saturated heterocycles. The quantitative estimate of drug-likeness (QED) is 0.568. The van der Waals surface area contributed by atoms with Crippen molar-refractivity contribution in [3.8, 4) is 0 Å². The van der Waals surface area contributed by atoms with E-state index in [0.717, 1.165) is 0 Å². The summed E-state index contributed by atoms with van der Waals surface area (Å²) in [6.45, 7) is 0. The molecule has 0 N–H and O–H groups in total. The number of benzene rings is 2. The Bertz CT molecular complexity index is 1050. The third-order valence-corrected chi connectivity index (χ3v) is 9.35. The molecular weight excluding hydrogens is 406 g/mol. The van der Waals surface area contributed by atoms with Crippen LogP contribution in [0.25, 0.3) is 0 Å². The number of aromatic nitrogens is 1. The molecule has 0 bridgehead atoms. The Morgan fingerprint density at radius 3 is 1.63 bits per heavy atom. The molecule has 0 unspecified atom stereocenters. The first kappa shape index (κ1) is 19.5. The highest BCUT2D eigenvalue weighted by atomic mass is 35.5. The first-order chi connectivity index (χ1) is 12.8. The Labute approximate surface area is 163 Å². The molecule has 0 atom stereocenters. The van der Waals surface area contributed by atoms with Crippen LogP contribution in [0.3, 0.4) is 0 Å². The molecule has 1 aromatic heterocycles. The van der Waals surface area contributed by atoms with Crippen molar-refractivity contribution >= 4 is 31.3 Å². The van der Waals surface area contributed by atoms with E-state index in [1.807, 2.05) is 0 Å². The molecule has 0 amide bonds. The lowest BCUT2D eigenvalue weighted by Gasteiger charge is -2.19. The smallest absolute Gasteiger partial charge is 0.196 e. The SMILES string of the molecule is O=S(=O)(c1ccccc1)C(Cc1ccc(Cl)nc1)S(=O)(=O)c1ccccc1. The third kappa shape index (κ3) is 4.21. The van der Waals surface area contributed by atoms with Gasteiger partial charge in [-0.2, -0.15) is 0 Å². The van der Waals surface area contributed by atoms with E-state index in [9.17, 15) is 16.8 Å². The van der Waals surface area contributed by atoms with Crippen LogP contribution in [0.5, 0.6) is 0 Å². The van der Waals surface area contributed by atoms with E-state index in [1.54, 1.807) is 42.5 Å². The highest BCUT2D eigenvalue weighted by Gasteiger charge is 2.39. The van der Waals surface area contributed by atoms with Crippen LogP contribution in [0.2, 0.25) is 5.15 Å². The molecule has 1 heterocycles. The molecule has 3 aromatic rings. The zero-order valence-corrected chi connectivity index (χ0v) is 16.5. The molecular formula is C19H16ClNO4S2. The number of halogens is 1. The Balaban J connectivity index is 2.13. The van der Waals surface area contributed by atoms with Crippen molar-refractivity contribution in [2.24, 2.45) is 0 Å². The average Bonchev–Trinajstić information content (AvgIpc) is 2.68. The lowest BCUT2D eigenvalue weighted by molar-refractivity contribution is 0.573. The normalized spacial score (nSPS) is 12.2. The monoisotopic (exact) mass is 421 g/mol. The van der Waals surface area contributed by atoms with Gasteiger partial charge in [0.25, 0.3) is 0 Å². The summed E-state index contributed by atoms with van der Waals surface area (Å²) in [6.07, 6.45) is 1.15. The first-order valence-electron chi connectivity index (χ1n) is 8.00. The van der Waals surface area contributed by atoms with Gasteiger partial charge in [-0.1, -0.05) is 54.1 Å². The second-order valence-corrected chi connectivity index (χ2v) is 10.8. The van der Waals surface area contributed by atoms with Crippen LogP contribution in [0.4, 0.5) is 0 Å². The topological polar surface area (TPSA) is 81.2 Å². The minimum Gasteiger partial charge on any atom is -0.244 e. The maximum atomic E-state index is 13.2. The first-order valence-corrected chi connectivity index (χ1v) is 11.5. The number of nitrogens with zero attached hydrogens (tertiary/aromatic N) is 1. The Hall–Kier alpha value is -2.22. The second kappa shape index (κ2) is 7.80. The fraction of sp³-hybridized carbons (Fsp3) is 0.105. The van der Waals surface area contributed by atoms with Crippen LogP contribution in [0.15, 0.2) is 88.8 Å². The zero-order valence-electron chi connectivity index (χ0n) is 14.1. The largest absolute Gasteiger partial charge is 0.244 e. The van der Waals surface area contributed by atoms with Crippen molar-refractivity contribution < 1.29 is 16.8 Å². The lowest BCUT2D eigenvalue weighted by Crippen LogP contribution is -2.33. The summed E-state index contributed by atoms with van der Waals surface area (Å²) in [5, 5.41) is 0.243. The molecule has 5 nitrogen and oxygen atoms in total. The minimum atomic E-state index is -4.16. The Kier molecular flexibility index (Phi) is 5.64. The number of hydrogen-bond acceptors (Lipinski definition) is 5. The van der Waals surface area contributed by atoms with Crippen molar-refractivity contribution in [3.05, 3.63) is 89.7 Å². The molecule has 0 aliphatic carbocycles. The standard InChI is InChI=1S/C19H16ClNO4S2/c20-18-12-11-15(14-21-18)13-19(26(22,23)16-7-3-1-4-8-16)27(24,25)17-9-5-2-6-10-17/h1-12,14,19H,13H2. The van der Waals surface area contributed by atoms with Gasteiger partial charge in [0.15, 0.2) is 24.3 Å². The number of rotatable bonds is 6. The van der Waals surface area contributed by atoms with Gasteiger partial charge in [-0.25, -0.2) is 21.8 Å². The Morgan fingerprint density at radius 2 is 1.22 bits per heavy atom. The van der Waals surface area contributed by atoms with Gasteiger partial charge >= 0.3 is 0 Å². The van der Waals surface area contributed by atoms with Gasteiger partial charge in [0, 0.05) is 12.6 Å². The van der Waals surface area contributed by atoms with E-state index in [1.165, 1.54) is 36.5 Å². The molecule has 8 heteroatoms. The molecule has 0 fully saturated rings. The van der Waals surface area contributed by atoms with Crippen molar-refractivity contribution in [2.45, 2.75) is 20.8 Å². The van der Waals surface area contributed by atoms with Gasteiger partial charge in [-0.3, -0.25) is 0 Å². The van der Waals surface area contributed by atoms with E-state index >= 15 is 0 Å². The fourth-order valence-corrected chi connectivity index (χ4v) is 7.25. The van der Waals surface area contributed by atoms with Crippen LogP contribution in [-0.2, 0) is 26.1 Å². The van der Waals surface area contributed by atoms with Gasteiger partial charge in [-0.05, 0) is 35.9 Å². The molecule has 0 aliphatic rings. The van der Waals surface area contributed by atoms with E-state index in [-0.39, 0.29) is 21.4 Å². The molecule has 0 saturated carbocycles. The molecule has 2 aromatic carbocycles. The molecule has 140 valence electrons. The van der Waals surface area contributed by atoms with Crippen molar-refractivity contribution in [3.63, 3.8) is 0 Å². The summed E-state index contributed by atoms with van der Waals surface area (Å²) in [5.74, 6) is 0. The van der Waals surface area contributed by atoms with E-state index < -0.39 is 24.3 Å². The minimum absolute atomic E-state index is 0.0450. The van der Waals surface area contributed by atoms with Crippen LogP contribution in [0, 0.1) is 0 Å². The summed E-state index contributed by atoms with van der Waals surface area (Å²) in [4.78, 5) is 3.83. The summed E-state index contributed by atoms with van der Waals surface area (Å²) >= 11 is 5.77. The van der Waals surface area contributed by atoms with Gasteiger partial charge < -0.3 is 0 Å². The molecule has 27 heavy (non-hydrogen) atoms. The maximum absolute atomic E-state index is 13.2. The van der Waals surface area contributed by atoms with Crippen LogP contribution >= 0.6 is 11.6 Å². The lowest BCUT2D eigenvalue weighted by atomic mass is 10.2. The molecule has 0 spiro atoms. The van der Waals surface area contributed by atoms with E-state index in [4.69, 9.17) is 11.6 Å². The number of sulfone groups is 2. The third-order valence-electron chi connectivity index (χ3n) is 4.03. The molecule has 0 radical (unpaired) electrons. The summed E-state index contributed by atoms with van der Waals surface area (Å²) < 4.78 is 51.1. The van der Waals surface area contributed by atoms with Crippen LogP contribution < -0.4 is 0 Å². The number of hydrogen-bond donors (Lipinski definition) is 0. The zero-order chi connectivity index (χ0) is 19.5. The van der Waals surface area contributed by atoms with Crippen molar-refractivity contribution in [1.29, 1.82) is 0 Å². The van der Waals surface area contributed by atoms with Gasteiger partial charge in [0.1, 0.15) is 5.15 Å². The molecule has 0 aliphatic heterocycles. The predicted molar refractivity (Wildman–Crippen MR) is 104 cm³/mol. The summed E-state index contributed by atoms with van der Waals surface area (Å²) in [5.41, 5.74) is 0.461. The van der Waals surface area contributed by atoms with Crippen LogP contribution in [-0.4, -0.2) is 26.4 Å². The van der Waals surface area contributed by atoms with Gasteiger partial charge in [0.05, 0.1) is 9.79 Å². The van der Waals surface area contributed by atoms with Gasteiger partial charge in [0.2, 0.25) is 0 Å². The van der Waals surface area contributed by atoms with E-state index in [0.29, 0.717) is 5.56 Å².